The summed E-state index contributed by atoms with van der Waals surface area (Å²) in [6.07, 6.45) is -1.44. The summed E-state index contributed by atoms with van der Waals surface area (Å²) in [6, 6.07) is 11.0. The molecule has 0 fully saturated rings. The molecular formula is C21H16F4N6O. The standard InChI is InChI=1S/C21H16F4N6O/c1-13-26-9-10-30(13)12-14-5-7-16(8-6-14)27-20(32)18-19(21(23,24)25)31(29-28-18)17-4-2-3-15(22)11-17/h2-11H,12H2,1H3,(H,27,32). The molecule has 0 aliphatic carbocycles. The van der Waals surface area contributed by atoms with E-state index in [4.69, 9.17) is 0 Å². The van der Waals surface area contributed by atoms with Crippen molar-refractivity contribution in [1.29, 1.82) is 0 Å². The van der Waals surface area contributed by atoms with Gasteiger partial charge in [0, 0.05) is 24.6 Å². The zero-order chi connectivity index (χ0) is 22.9. The van der Waals surface area contributed by atoms with Crippen molar-refractivity contribution < 1.29 is 22.4 Å². The summed E-state index contributed by atoms with van der Waals surface area (Å²) in [4.78, 5) is 16.7. The first-order chi connectivity index (χ1) is 15.2. The second-order valence-electron chi connectivity index (χ2n) is 6.93. The minimum Gasteiger partial charge on any atom is -0.331 e. The number of benzene rings is 2. The second kappa shape index (κ2) is 8.25. The van der Waals surface area contributed by atoms with E-state index in [1.165, 1.54) is 12.1 Å². The van der Waals surface area contributed by atoms with Gasteiger partial charge in [-0.1, -0.05) is 23.4 Å². The van der Waals surface area contributed by atoms with Crippen molar-refractivity contribution in [2.75, 3.05) is 5.32 Å². The highest BCUT2D eigenvalue weighted by Crippen LogP contribution is 2.33. The molecule has 0 spiro atoms. The van der Waals surface area contributed by atoms with Gasteiger partial charge in [0.15, 0.2) is 11.4 Å². The molecule has 4 rings (SSSR count). The van der Waals surface area contributed by atoms with Crippen LogP contribution in [0.3, 0.4) is 0 Å². The number of imidazole rings is 1. The predicted octanol–water partition coefficient (Wildman–Crippen LogP) is 4.23. The summed E-state index contributed by atoms with van der Waals surface area (Å²) in [6.45, 7) is 2.42. The van der Waals surface area contributed by atoms with E-state index in [0.717, 1.165) is 23.5 Å². The average molecular weight is 444 g/mol. The highest BCUT2D eigenvalue weighted by Gasteiger charge is 2.42. The summed E-state index contributed by atoms with van der Waals surface area (Å²) in [7, 11) is 0. The molecule has 164 valence electrons. The molecule has 0 unspecified atom stereocenters. The highest BCUT2D eigenvalue weighted by molar-refractivity contribution is 6.03. The van der Waals surface area contributed by atoms with Crippen LogP contribution in [0, 0.1) is 12.7 Å². The third-order valence-electron chi connectivity index (χ3n) is 4.69. The highest BCUT2D eigenvalue weighted by atomic mass is 19.4. The number of carbonyl (C=O) groups excluding carboxylic acids is 1. The zero-order valence-electron chi connectivity index (χ0n) is 16.6. The summed E-state index contributed by atoms with van der Waals surface area (Å²) in [5.41, 5.74) is -1.32. The van der Waals surface area contributed by atoms with Gasteiger partial charge in [0.25, 0.3) is 5.91 Å². The lowest BCUT2D eigenvalue weighted by atomic mass is 10.2. The van der Waals surface area contributed by atoms with Gasteiger partial charge in [0.1, 0.15) is 11.6 Å². The minimum atomic E-state index is -4.95. The van der Waals surface area contributed by atoms with Crippen LogP contribution >= 0.6 is 0 Å². The maximum Gasteiger partial charge on any atom is 0.435 e. The predicted molar refractivity (Wildman–Crippen MR) is 107 cm³/mol. The van der Waals surface area contributed by atoms with E-state index in [2.05, 4.69) is 20.6 Å². The maximum absolute atomic E-state index is 13.7. The van der Waals surface area contributed by atoms with Gasteiger partial charge in [-0.2, -0.15) is 13.2 Å². The van der Waals surface area contributed by atoms with E-state index >= 15 is 0 Å². The SMILES string of the molecule is Cc1nccn1Cc1ccc(NC(=O)c2nnn(-c3cccc(F)c3)c2C(F)(F)F)cc1. The van der Waals surface area contributed by atoms with Gasteiger partial charge in [-0.05, 0) is 42.8 Å². The molecule has 0 bridgehead atoms. The lowest BCUT2D eigenvalue weighted by Crippen LogP contribution is -2.21. The molecule has 1 amide bonds. The third kappa shape index (κ3) is 4.36. The Bertz CT molecular complexity index is 1260. The normalized spacial score (nSPS) is 11.5. The van der Waals surface area contributed by atoms with Crippen LogP contribution in [0.1, 0.15) is 27.6 Å². The fourth-order valence-corrected chi connectivity index (χ4v) is 3.13. The number of hydrogen-bond acceptors (Lipinski definition) is 4. The number of alkyl halides is 3. The molecule has 2 aromatic heterocycles. The summed E-state index contributed by atoms with van der Waals surface area (Å²) in [5, 5.41) is 9.24. The van der Waals surface area contributed by atoms with Gasteiger partial charge in [-0.3, -0.25) is 4.79 Å². The van der Waals surface area contributed by atoms with E-state index in [-0.39, 0.29) is 11.4 Å². The van der Waals surface area contributed by atoms with Crippen LogP contribution in [-0.2, 0) is 12.7 Å². The van der Waals surface area contributed by atoms with Crippen molar-refractivity contribution in [2.24, 2.45) is 0 Å². The Labute approximate surface area is 179 Å². The molecule has 2 heterocycles. The quantitative estimate of drug-likeness (QED) is 0.468. The van der Waals surface area contributed by atoms with Crippen molar-refractivity contribution in [1.82, 2.24) is 24.5 Å². The minimum absolute atomic E-state index is 0.206. The lowest BCUT2D eigenvalue weighted by molar-refractivity contribution is -0.143. The van der Waals surface area contributed by atoms with Crippen LogP contribution in [0.4, 0.5) is 23.2 Å². The number of aromatic nitrogens is 5. The van der Waals surface area contributed by atoms with Gasteiger partial charge < -0.3 is 9.88 Å². The number of nitrogens with zero attached hydrogens (tertiary/aromatic N) is 5. The van der Waals surface area contributed by atoms with Gasteiger partial charge in [0.05, 0.1) is 5.69 Å². The molecule has 0 aliphatic rings. The molecule has 0 radical (unpaired) electrons. The Balaban J connectivity index is 1.57. The summed E-state index contributed by atoms with van der Waals surface area (Å²) in [5.74, 6) is -0.996. The van der Waals surface area contributed by atoms with Crippen LogP contribution < -0.4 is 5.32 Å². The first-order valence-corrected chi connectivity index (χ1v) is 9.39. The van der Waals surface area contributed by atoms with Crippen LogP contribution in [0.5, 0.6) is 0 Å². The molecule has 2 aromatic carbocycles. The van der Waals surface area contributed by atoms with E-state index in [9.17, 15) is 22.4 Å². The van der Waals surface area contributed by atoms with Crippen molar-refractivity contribution >= 4 is 11.6 Å². The first-order valence-electron chi connectivity index (χ1n) is 9.39. The molecule has 0 saturated carbocycles. The number of anilines is 1. The number of rotatable bonds is 5. The van der Waals surface area contributed by atoms with E-state index in [1.807, 2.05) is 17.7 Å². The second-order valence-corrected chi connectivity index (χ2v) is 6.93. The van der Waals surface area contributed by atoms with Crippen LogP contribution in [-0.4, -0.2) is 30.5 Å². The summed E-state index contributed by atoms with van der Waals surface area (Å²) >= 11 is 0. The van der Waals surface area contributed by atoms with Crippen LogP contribution in [0.15, 0.2) is 60.9 Å². The Hall–Kier alpha value is -4.02. The molecule has 0 saturated heterocycles. The van der Waals surface area contributed by atoms with Crippen molar-refractivity contribution in [2.45, 2.75) is 19.6 Å². The topological polar surface area (TPSA) is 77.6 Å². The third-order valence-corrected chi connectivity index (χ3v) is 4.69. The van der Waals surface area contributed by atoms with E-state index < -0.39 is 29.3 Å². The smallest absolute Gasteiger partial charge is 0.331 e. The van der Waals surface area contributed by atoms with E-state index in [1.54, 1.807) is 30.5 Å². The van der Waals surface area contributed by atoms with Crippen LogP contribution in [0.2, 0.25) is 0 Å². The molecule has 7 nitrogen and oxygen atoms in total. The van der Waals surface area contributed by atoms with Crippen molar-refractivity contribution in [3.63, 3.8) is 0 Å². The zero-order valence-corrected chi connectivity index (χ0v) is 16.6. The Morgan fingerprint density at radius 2 is 1.88 bits per heavy atom. The maximum atomic E-state index is 13.7. The molecule has 32 heavy (non-hydrogen) atoms. The van der Waals surface area contributed by atoms with Crippen molar-refractivity contribution in [3.05, 3.63) is 89.5 Å². The molecule has 1 N–H and O–H groups in total. The number of halogens is 4. The van der Waals surface area contributed by atoms with Gasteiger partial charge in [-0.25, -0.2) is 14.1 Å². The number of aryl methyl sites for hydroxylation is 1. The van der Waals surface area contributed by atoms with Gasteiger partial charge in [-0.15, -0.1) is 5.10 Å². The van der Waals surface area contributed by atoms with Crippen molar-refractivity contribution in [3.8, 4) is 5.69 Å². The fourth-order valence-electron chi connectivity index (χ4n) is 3.13. The molecular weight excluding hydrogens is 428 g/mol. The Morgan fingerprint density at radius 1 is 1.12 bits per heavy atom. The van der Waals surface area contributed by atoms with Gasteiger partial charge >= 0.3 is 6.18 Å². The number of carbonyl (C=O) groups is 1. The number of nitrogens with one attached hydrogen (secondary N) is 1. The average Bonchev–Trinajstić information content (AvgIpc) is 3.36. The lowest BCUT2D eigenvalue weighted by Gasteiger charge is -2.11. The number of hydrogen-bond donors (Lipinski definition) is 1. The fraction of sp³-hybridized carbons (Fsp3) is 0.143. The molecule has 4 aromatic rings. The van der Waals surface area contributed by atoms with Crippen LogP contribution in [0.25, 0.3) is 5.69 Å². The molecule has 0 aliphatic heterocycles. The summed E-state index contributed by atoms with van der Waals surface area (Å²) < 4.78 is 56.9. The molecule has 11 heteroatoms. The largest absolute Gasteiger partial charge is 0.435 e. The number of amides is 1. The first kappa shape index (κ1) is 21.2. The Morgan fingerprint density at radius 3 is 2.50 bits per heavy atom. The van der Waals surface area contributed by atoms with Gasteiger partial charge in [0.2, 0.25) is 0 Å². The van der Waals surface area contributed by atoms with E-state index in [0.29, 0.717) is 11.2 Å². The monoisotopic (exact) mass is 444 g/mol. The molecule has 0 atom stereocenters. The Kier molecular flexibility index (Phi) is 5.47.